The molecule has 0 aromatic heterocycles. The number of hydrogen-bond acceptors (Lipinski definition) is 4. The van der Waals surface area contributed by atoms with Gasteiger partial charge in [-0.25, -0.2) is 4.79 Å². The van der Waals surface area contributed by atoms with Crippen LogP contribution in [0.5, 0.6) is 0 Å². The molecule has 0 aromatic carbocycles. The molecule has 0 spiro atoms. The van der Waals surface area contributed by atoms with Crippen LogP contribution in [0.3, 0.4) is 0 Å². The summed E-state index contributed by atoms with van der Waals surface area (Å²) in [5.41, 5.74) is -0.547. The summed E-state index contributed by atoms with van der Waals surface area (Å²) in [7, 11) is 1.56. The van der Waals surface area contributed by atoms with Crippen LogP contribution in [0.15, 0.2) is 0 Å². The number of hydrogen-bond donors (Lipinski definition) is 2. The highest BCUT2D eigenvalue weighted by Gasteiger charge is 2.22. The van der Waals surface area contributed by atoms with E-state index in [0.29, 0.717) is 0 Å². The molecule has 1 fully saturated rings. The van der Waals surface area contributed by atoms with Crippen LogP contribution < -0.4 is 10.6 Å². The van der Waals surface area contributed by atoms with Gasteiger partial charge in [-0.2, -0.15) is 0 Å². The lowest BCUT2D eigenvalue weighted by Crippen LogP contribution is -2.49. The Hall–Kier alpha value is -1.30. The number of rotatable bonds is 3. The Morgan fingerprint density at radius 2 is 2.11 bits per heavy atom. The van der Waals surface area contributed by atoms with Crippen LogP contribution in [-0.2, 0) is 9.53 Å². The van der Waals surface area contributed by atoms with Gasteiger partial charge in [0.25, 0.3) is 0 Å². The quantitative estimate of drug-likeness (QED) is 0.793. The average Bonchev–Trinajstić information content (AvgIpc) is 2.27. The van der Waals surface area contributed by atoms with Crippen molar-refractivity contribution in [1.29, 1.82) is 0 Å². The lowest BCUT2D eigenvalue weighted by molar-refractivity contribution is -0.122. The Labute approximate surface area is 114 Å². The molecule has 2 amide bonds. The first-order valence-corrected chi connectivity index (χ1v) is 6.72. The highest BCUT2D eigenvalue weighted by atomic mass is 16.6. The maximum Gasteiger partial charge on any atom is 0.410 e. The van der Waals surface area contributed by atoms with Gasteiger partial charge in [0.05, 0.1) is 0 Å². The third-order valence-electron chi connectivity index (χ3n) is 2.75. The monoisotopic (exact) mass is 271 g/mol. The van der Waals surface area contributed by atoms with E-state index in [1.165, 1.54) is 4.90 Å². The fourth-order valence-electron chi connectivity index (χ4n) is 1.87. The first-order valence-electron chi connectivity index (χ1n) is 6.72. The molecule has 0 bridgehead atoms. The highest BCUT2D eigenvalue weighted by Crippen LogP contribution is 2.09. The van der Waals surface area contributed by atoms with Crippen LogP contribution in [0.25, 0.3) is 0 Å². The molecule has 1 atom stereocenters. The number of piperidine rings is 1. The summed E-state index contributed by atoms with van der Waals surface area (Å²) in [6, 6.07) is 0.160. The summed E-state index contributed by atoms with van der Waals surface area (Å²) in [5, 5.41) is 6.14. The van der Waals surface area contributed by atoms with Crippen molar-refractivity contribution in [2.45, 2.75) is 45.3 Å². The van der Waals surface area contributed by atoms with Crippen LogP contribution in [-0.4, -0.2) is 55.2 Å². The topological polar surface area (TPSA) is 70.7 Å². The molecule has 0 aromatic rings. The number of likely N-dealkylation sites (N-methyl/N-ethyl adjacent to an activating group) is 1. The summed E-state index contributed by atoms with van der Waals surface area (Å²) < 4.78 is 5.19. The van der Waals surface area contributed by atoms with E-state index in [1.807, 2.05) is 0 Å². The first kappa shape index (κ1) is 15.8. The minimum Gasteiger partial charge on any atom is -0.444 e. The third kappa shape index (κ3) is 6.42. The Kier molecular flexibility index (Phi) is 5.60. The van der Waals surface area contributed by atoms with Crippen LogP contribution in [0, 0.1) is 0 Å². The highest BCUT2D eigenvalue weighted by molar-refractivity contribution is 5.82. The summed E-state index contributed by atoms with van der Waals surface area (Å²) in [5.74, 6) is -0.151. The van der Waals surface area contributed by atoms with E-state index >= 15 is 0 Å². The van der Waals surface area contributed by atoms with Gasteiger partial charge in [-0.15, -0.1) is 0 Å². The van der Waals surface area contributed by atoms with E-state index < -0.39 is 11.7 Å². The van der Waals surface area contributed by atoms with Crippen molar-refractivity contribution in [3.05, 3.63) is 0 Å². The molecule has 1 aliphatic rings. The van der Waals surface area contributed by atoms with Crippen molar-refractivity contribution in [2.75, 3.05) is 26.7 Å². The van der Waals surface area contributed by atoms with Gasteiger partial charge in [0.1, 0.15) is 12.1 Å². The van der Waals surface area contributed by atoms with Crippen molar-refractivity contribution in [1.82, 2.24) is 15.5 Å². The van der Waals surface area contributed by atoms with Gasteiger partial charge in [-0.3, -0.25) is 4.79 Å². The van der Waals surface area contributed by atoms with Gasteiger partial charge < -0.3 is 20.3 Å². The van der Waals surface area contributed by atoms with Gasteiger partial charge in [0.2, 0.25) is 5.91 Å². The van der Waals surface area contributed by atoms with Crippen molar-refractivity contribution in [3.8, 4) is 0 Å². The van der Waals surface area contributed by atoms with Gasteiger partial charge in [0.15, 0.2) is 0 Å². The zero-order chi connectivity index (χ0) is 14.5. The summed E-state index contributed by atoms with van der Waals surface area (Å²) in [6.07, 6.45) is 1.56. The molecule has 0 aliphatic carbocycles. The normalized spacial score (nSPS) is 19.7. The van der Waals surface area contributed by atoms with Crippen molar-refractivity contribution >= 4 is 12.0 Å². The maximum atomic E-state index is 11.8. The van der Waals surface area contributed by atoms with Crippen LogP contribution in [0.2, 0.25) is 0 Å². The molecule has 0 radical (unpaired) electrons. The molecular formula is C13H25N3O3. The molecule has 0 saturated carbocycles. The standard InChI is InChI=1S/C13H25N3O3/c1-13(2,3)19-12(18)16(4)9-11(17)15-10-6-5-7-14-8-10/h10,14H,5-9H2,1-4H3,(H,15,17)/t10-/m0/s1. The zero-order valence-electron chi connectivity index (χ0n) is 12.3. The Balaban J connectivity index is 2.32. The van der Waals surface area contributed by atoms with Crippen molar-refractivity contribution < 1.29 is 14.3 Å². The van der Waals surface area contributed by atoms with Crippen molar-refractivity contribution in [3.63, 3.8) is 0 Å². The minimum absolute atomic E-state index is 0.0193. The van der Waals surface area contributed by atoms with Gasteiger partial charge in [-0.05, 0) is 40.2 Å². The lowest BCUT2D eigenvalue weighted by atomic mass is 10.1. The van der Waals surface area contributed by atoms with E-state index in [1.54, 1.807) is 27.8 Å². The van der Waals surface area contributed by atoms with E-state index in [0.717, 1.165) is 25.9 Å². The SMILES string of the molecule is CN(CC(=O)N[C@H]1CCCNC1)C(=O)OC(C)(C)C. The molecule has 0 unspecified atom stereocenters. The van der Waals surface area contributed by atoms with Crippen molar-refractivity contribution in [2.24, 2.45) is 0 Å². The van der Waals surface area contributed by atoms with Crippen LogP contribution >= 0.6 is 0 Å². The average molecular weight is 271 g/mol. The number of nitrogens with one attached hydrogen (secondary N) is 2. The molecule has 1 heterocycles. The second-order valence-corrected chi connectivity index (χ2v) is 5.95. The molecule has 6 heteroatoms. The van der Waals surface area contributed by atoms with Crippen LogP contribution in [0.4, 0.5) is 4.79 Å². The number of amides is 2. The molecule has 19 heavy (non-hydrogen) atoms. The second-order valence-electron chi connectivity index (χ2n) is 5.95. The number of nitrogens with zero attached hydrogens (tertiary/aromatic N) is 1. The Bertz CT molecular complexity index is 320. The van der Waals surface area contributed by atoms with Crippen LogP contribution in [0.1, 0.15) is 33.6 Å². The predicted octanol–water partition coefficient (Wildman–Crippen LogP) is 0.722. The summed E-state index contributed by atoms with van der Waals surface area (Å²) >= 11 is 0. The minimum atomic E-state index is -0.547. The number of carbonyl (C=O) groups is 2. The molecule has 1 aliphatic heterocycles. The van der Waals surface area contributed by atoms with E-state index in [-0.39, 0.29) is 18.5 Å². The largest absolute Gasteiger partial charge is 0.444 e. The fraction of sp³-hybridized carbons (Fsp3) is 0.846. The smallest absolute Gasteiger partial charge is 0.410 e. The summed E-state index contributed by atoms with van der Waals surface area (Å²) in [6.45, 7) is 7.21. The van der Waals surface area contributed by atoms with Gasteiger partial charge in [0, 0.05) is 19.6 Å². The third-order valence-corrected chi connectivity index (χ3v) is 2.75. The molecule has 6 nitrogen and oxygen atoms in total. The molecule has 2 N–H and O–H groups in total. The van der Waals surface area contributed by atoms with E-state index in [4.69, 9.17) is 4.74 Å². The predicted molar refractivity (Wildman–Crippen MR) is 72.9 cm³/mol. The summed E-state index contributed by atoms with van der Waals surface area (Å²) in [4.78, 5) is 24.8. The Morgan fingerprint density at radius 1 is 1.42 bits per heavy atom. The Morgan fingerprint density at radius 3 is 2.63 bits per heavy atom. The second kappa shape index (κ2) is 6.75. The lowest BCUT2D eigenvalue weighted by Gasteiger charge is -2.26. The van der Waals surface area contributed by atoms with E-state index in [9.17, 15) is 9.59 Å². The zero-order valence-corrected chi connectivity index (χ0v) is 12.3. The van der Waals surface area contributed by atoms with E-state index in [2.05, 4.69) is 10.6 Å². The number of ether oxygens (including phenoxy) is 1. The molecule has 110 valence electrons. The molecule has 1 saturated heterocycles. The maximum absolute atomic E-state index is 11.8. The fourth-order valence-corrected chi connectivity index (χ4v) is 1.87. The molecular weight excluding hydrogens is 246 g/mol. The van der Waals surface area contributed by atoms with Gasteiger partial charge in [-0.1, -0.05) is 0 Å². The molecule has 1 rings (SSSR count). The first-order chi connectivity index (χ1) is 8.78. The van der Waals surface area contributed by atoms with Gasteiger partial charge >= 0.3 is 6.09 Å². The number of carbonyl (C=O) groups excluding carboxylic acids is 2.